The van der Waals surface area contributed by atoms with Crippen molar-refractivity contribution in [1.82, 2.24) is 0 Å². The van der Waals surface area contributed by atoms with Crippen molar-refractivity contribution in [2.75, 3.05) is 7.11 Å². The topological polar surface area (TPSA) is 104 Å². The number of hydrogen-bond donors (Lipinski definition) is 3. The standard InChI is InChI=1S/C8H8O3.CH2O3/c1-11-7-5-3-2-4-6(7)8(9)10;2-1(3)4/h2-5H,1H3,(H,9,10);(H2,2,3,4). The normalized spacial score (nSPS) is 8.33. The van der Waals surface area contributed by atoms with Crippen molar-refractivity contribution in [3.63, 3.8) is 0 Å². The minimum absolute atomic E-state index is 0.190. The first-order chi connectivity index (χ1) is 6.99. The highest BCUT2D eigenvalue weighted by molar-refractivity contribution is 5.90. The van der Waals surface area contributed by atoms with Crippen LogP contribution in [0, 0.1) is 0 Å². The Morgan fingerprint density at radius 2 is 1.60 bits per heavy atom. The van der Waals surface area contributed by atoms with Crippen molar-refractivity contribution >= 4 is 12.1 Å². The second-order valence-electron chi connectivity index (χ2n) is 2.29. The molecule has 1 aromatic rings. The van der Waals surface area contributed by atoms with Crippen molar-refractivity contribution in [1.29, 1.82) is 0 Å². The Morgan fingerprint density at radius 1 is 1.13 bits per heavy atom. The molecule has 6 nitrogen and oxygen atoms in total. The van der Waals surface area contributed by atoms with E-state index in [1.807, 2.05) is 0 Å². The van der Waals surface area contributed by atoms with Gasteiger partial charge in [-0.1, -0.05) is 12.1 Å². The molecule has 0 aliphatic carbocycles. The van der Waals surface area contributed by atoms with Gasteiger partial charge < -0.3 is 20.1 Å². The molecule has 82 valence electrons. The number of ether oxygens (including phenoxy) is 1. The molecular weight excluding hydrogens is 204 g/mol. The van der Waals surface area contributed by atoms with Crippen LogP contribution in [0.1, 0.15) is 10.4 Å². The van der Waals surface area contributed by atoms with Gasteiger partial charge in [-0.25, -0.2) is 9.59 Å². The molecule has 0 fully saturated rings. The first-order valence-electron chi connectivity index (χ1n) is 3.77. The maximum atomic E-state index is 10.5. The van der Waals surface area contributed by atoms with Crippen LogP contribution in [0.25, 0.3) is 0 Å². The Balaban J connectivity index is 0.000000423. The van der Waals surface area contributed by atoms with Crippen molar-refractivity contribution < 1.29 is 29.6 Å². The third-order valence-corrected chi connectivity index (χ3v) is 1.34. The van der Waals surface area contributed by atoms with E-state index in [1.54, 1.807) is 18.2 Å². The molecule has 3 N–H and O–H groups in total. The van der Waals surface area contributed by atoms with Crippen molar-refractivity contribution in [2.24, 2.45) is 0 Å². The fraction of sp³-hybridized carbons (Fsp3) is 0.111. The molecule has 1 aromatic carbocycles. The lowest BCUT2D eigenvalue weighted by molar-refractivity contribution is 0.0693. The van der Waals surface area contributed by atoms with Crippen LogP contribution in [0.3, 0.4) is 0 Å². The van der Waals surface area contributed by atoms with Gasteiger partial charge in [0, 0.05) is 0 Å². The third kappa shape index (κ3) is 5.14. The lowest BCUT2D eigenvalue weighted by atomic mass is 10.2. The Kier molecular flexibility index (Phi) is 5.32. The number of carboxylic acids is 1. The van der Waals surface area contributed by atoms with E-state index in [2.05, 4.69) is 0 Å². The fourth-order valence-corrected chi connectivity index (χ4v) is 0.821. The zero-order valence-corrected chi connectivity index (χ0v) is 7.88. The molecule has 0 amide bonds. The van der Waals surface area contributed by atoms with Gasteiger partial charge in [-0.15, -0.1) is 0 Å². The van der Waals surface area contributed by atoms with Crippen LogP contribution >= 0.6 is 0 Å². The summed E-state index contributed by atoms with van der Waals surface area (Å²) in [5.41, 5.74) is 0.190. The lowest BCUT2D eigenvalue weighted by Gasteiger charge is -2.01. The lowest BCUT2D eigenvalue weighted by Crippen LogP contribution is -1.99. The van der Waals surface area contributed by atoms with Gasteiger partial charge in [0.15, 0.2) is 0 Å². The summed E-state index contributed by atoms with van der Waals surface area (Å²) in [6, 6.07) is 6.50. The van der Waals surface area contributed by atoms with Gasteiger partial charge in [-0.2, -0.15) is 0 Å². The van der Waals surface area contributed by atoms with Gasteiger partial charge in [0.1, 0.15) is 11.3 Å². The van der Waals surface area contributed by atoms with Crippen LogP contribution in [0.5, 0.6) is 5.75 Å². The average Bonchev–Trinajstić information content (AvgIpc) is 2.16. The predicted octanol–water partition coefficient (Wildman–Crippen LogP) is 1.62. The number of para-hydroxylation sites is 1. The zero-order chi connectivity index (χ0) is 11.8. The Bertz CT molecular complexity index is 342. The molecule has 6 heteroatoms. The molecule has 0 unspecified atom stereocenters. The van der Waals surface area contributed by atoms with Crippen molar-refractivity contribution in [3.8, 4) is 5.75 Å². The molecule has 0 saturated carbocycles. The number of carboxylic acid groups (broad SMARTS) is 3. The molecule has 0 radical (unpaired) electrons. The van der Waals surface area contributed by atoms with Crippen LogP contribution in [0.4, 0.5) is 4.79 Å². The van der Waals surface area contributed by atoms with E-state index >= 15 is 0 Å². The average molecular weight is 214 g/mol. The second kappa shape index (κ2) is 6.25. The Labute approximate surface area is 85.4 Å². The molecule has 0 heterocycles. The number of carbonyl (C=O) groups is 2. The van der Waals surface area contributed by atoms with Gasteiger partial charge in [-0.3, -0.25) is 0 Å². The van der Waals surface area contributed by atoms with E-state index in [1.165, 1.54) is 13.2 Å². The largest absolute Gasteiger partial charge is 0.503 e. The van der Waals surface area contributed by atoms with Crippen LogP contribution in [-0.2, 0) is 0 Å². The van der Waals surface area contributed by atoms with E-state index in [0.29, 0.717) is 5.75 Å². The van der Waals surface area contributed by atoms with E-state index in [-0.39, 0.29) is 5.56 Å². The van der Waals surface area contributed by atoms with Crippen molar-refractivity contribution in [3.05, 3.63) is 29.8 Å². The molecule has 1 rings (SSSR count). The molecule has 0 bridgehead atoms. The third-order valence-electron chi connectivity index (χ3n) is 1.34. The molecule has 0 aromatic heterocycles. The van der Waals surface area contributed by atoms with Crippen LogP contribution < -0.4 is 4.74 Å². The van der Waals surface area contributed by atoms with E-state index in [9.17, 15) is 4.79 Å². The smallest absolute Gasteiger partial charge is 0.496 e. The monoisotopic (exact) mass is 214 g/mol. The maximum absolute atomic E-state index is 10.5. The number of hydrogen-bond acceptors (Lipinski definition) is 3. The Hall–Kier alpha value is -2.24. The van der Waals surface area contributed by atoms with E-state index < -0.39 is 12.1 Å². The molecule has 0 aliphatic heterocycles. The highest BCUT2D eigenvalue weighted by Crippen LogP contribution is 2.16. The first kappa shape index (κ1) is 12.8. The summed E-state index contributed by atoms with van der Waals surface area (Å²) in [6.07, 6.45) is -1.83. The van der Waals surface area contributed by atoms with Crippen molar-refractivity contribution in [2.45, 2.75) is 0 Å². The van der Waals surface area contributed by atoms with E-state index in [0.717, 1.165) is 0 Å². The van der Waals surface area contributed by atoms with Gasteiger partial charge in [0.05, 0.1) is 7.11 Å². The molecule has 0 atom stereocenters. The van der Waals surface area contributed by atoms with Gasteiger partial charge in [0.25, 0.3) is 0 Å². The Morgan fingerprint density at radius 3 is 1.93 bits per heavy atom. The number of rotatable bonds is 2. The van der Waals surface area contributed by atoms with Gasteiger partial charge in [-0.05, 0) is 12.1 Å². The minimum atomic E-state index is -1.83. The summed E-state index contributed by atoms with van der Waals surface area (Å²) in [5, 5.41) is 22.6. The minimum Gasteiger partial charge on any atom is -0.496 e. The quantitative estimate of drug-likeness (QED) is 0.690. The highest BCUT2D eigenvalue weighted by Gasteiger charge is 2.07. The molecule has 0 saturated heterocycles. The van der Waals surface area contributed by atoms with Crippen LogP contribution in [-0.4, -0.2) is 34.6 Å². The summed E-state index contributed by atoms with van der Waals surface area (Å²) < 4.78 is 4.83. The van der Waals surface area contributed by atoms with Gasteiger partial charge in [0.2, 0.25) is 0 Å². The number of methoxy groups -OCH3 is 1. The maximum Gasteiger partial charge on any atom is 0.503 e. The molecular formula is C9H10O6. The second-order valence-corrected chi connectivity index (χ2v) is 2.29. The zero-order valence-electron chi connectivity index (χ0n) is 7.88. The molecule has 0 aliphatic rings. The summed E-state index contributed by atoms with van der Waals surface area (Å²) in [7, 11) is 1.45. The summed E-state index contributed by atoms with van der Waals surface area (Å²) in [6.45, 7) is 0. The first-order valence-corrected chi connectivity index (χ1v) is 3.77. The molecule has 0 spiro atoms. The number of aromatic carboxylic acids is 1. The fourth-order valence-electron chi connectivity index (χ4n) is 0.821. The SMILES string of the molecule is COc1ccccc1C(=O)O.O=C(O)O. The van der Waals surface area contributed by atoms with E-state index in [4.69, 9.17) is 24.9 Å². The van der Waals surface area contributed by atoms with Gasteiger partial charge >= 0.3 is 12.1 Å². The summed E-state index contributed by atoms with van der Waals surface area (Å²) >= 11 is 0. The van der Waals surface area contributed by atoms with Crippen LogP contribution in [0.2, 0.25) is 0 Å². The summed E-state index contributed by atoms with van der Waals surface area (Å²) in [5.74, 6) is -0.581. The number of benzene rings is 1. The van der Waals surface area contributed by atoms with Crippen LogP contribution in [0.15, 0.2) is 24.3 Å². The highest BCUT2D eigenvalue weighted by atomic mass is 16.6. The predicted molar refractivity (Wildman–Crippen MR) is 50.6 cm³/mol. The summed E-state index contributed by atoms with van der Waals surface area (Å²) in [4.78, 5) is 19.1. The molecule has 15 heavy (non-hydrogen) atoms.